The van der Waals surface area contributed by atoms with E-state index in [1.807, 2.05) is 46.7 Å². The SMILES string of the molecule is Cc1onc(-c2ccccc2)c1C(=O)N1CCC(c2nc(C(=O)NC3CCN(Cc4ccccc4)CC3)cs2)CC1. The van der Waals surface area contributed by atoms with Crippen LogP contribution in [0, 0.1) is 6.92 Å². The Balaban J connectivity index is 1.00. The first kappa shape index (κ1) is 27.4. The molecule has 0 bridgehead atoms. The number of hydrogen-bond donors (Lipinski definition) is 1. The lowest BCUT2D eigenvalue weighted by molar-refractivity contribution is 0.0711. The summed E-state index contributed by atoms with van der Waals surface area (Å²) in [6.45, 7) is 5.95. The molecule has 0 spiro atoms. The van der Waals surface area contributed by atoms with E-state index in [4.69, 9.17) is 9.51 Å². The summed E-state index contributed by atoms with van der Waals surface area (Å²) >= 11 is 1.55. The number of benzene rings is 2. The molecule has 0 unspecified atom stereocenters. The maximum absolute atomic E-state index is 13.5. The Hall–Kier alpha value is -3.82. The summed E-state index contributed by atoms with van der Waals surface area (Å²) in [5, 5.41) is 10.2. The molecule has 2 saturated heterocycles. The summed E-state index contributed by atoms with van der Waals surface area (Å²) in [5.74, 6) is 0.644. The highest BCUT2D eigenvalue weighted by molar-refractivity contribution is 7.09. The van der Waals surface area contributed by atoms with Gasteiger partial charge in [0, 0.05) is 55.6 Å². The van der Waals surface area contributed by atoms with Crippen molar-refractivity contribution in [1.82, 2.24) is 25.3 Å². The van der Waals surface area contributed by atoms with Gasteiger partial charge in [0.2, 0.25) is 0 Å². The van der Waals surface area contributed by atoms with Crippen molar-refractivity contribution in [2.45, 2.75) is 51.1 Å². The molecule has 0 aliphatic carbocycles. The summed E-state index contributed by atoms with van der Waals surface area (Å²) in [6.07, 6.45) is 3.51. The number of hydrogen-bond acceptors (Lipinski definition) is 7. The number of aryl methyl sites for hydroxylation is 1. The van der Waals surface area contributed by atoms with Gasteiger partial charge in [-0.2, -0.15) is 0 Å². The Kier molecular flexibility index (Phi) is 8.25. The fourth-order valence-corrected chi connectivity index (χ4v) is 6.79. The molecule has 8 nitrogen and oxygen atoms in total. The van der Waals surface area contributed by atoms with Crippen LogP contribution in [0.5, 0.6) is 0 Å². The van der Waals surface area contributed by atoms with Gasteiger partial charge in [0.1, 0.15) is 22.7 Å². The second-order valence-electron chi connectivity index (χ2n) is 11.0. The van der Waals surface area contributed by atoms with Crippen molar-refractivity contribution in [1.29, 1.82) is 0 Å². The fraction of sp³-hybridized carbons (Fsp3) is 0.375. The third kappa shape index (κ3) is 6.26. The zero-order valence-electron chi connectivity index (χ0n) is 23.3. The molecule has 2 aliphatic heterocycles. The van der Waals surface area contributed by atoms with Crippen LogP contribution in [0.4, 0.5) is 0 Å². The number of rotatable bonds is 7. The van der Waals surface area contributed by atoms with Crippen LogP contribution in [0.25, 0.3) is 11.3 Å². The van der Waals surface area contributed by atoms with Gasteiger partial charge in [-0.3, -0.25) is 14.5 Å². The second-order valence-corrected chi connectivity index (χ2v) is 11.9. The third-order valence-corrected chi connectivity index (χ3v) is 9.19. The molecule has 4 heterocycles. The van der Waals surface area contributed by atoms with Crippen LogP contribution < -0.4 is 5.32 Å². The van der Waals surface area contributed by atoms with Crippen LogP contribution in [0.3, 0.4) is 0 Å². The Morgan fingerprint density at radius 3 is 2.34 bits per heavy atom. The maximum atomic E-state index is 13.5. The molecule has 212 valence electrons. The lowest BCUT2D eigenvalue weighted by Gasteiger charge is -2.32. The van der Waals surface area contributed by atoms with Gasteiger partial charge < -0.3 is 14.7 Å². The van der Waals surface area contributed by atoms with Crippen LogP contribution in [0.2, 0.25) is 0 Å². The van der Waals surface area contributed by atoms with Crippen LogP contribution >= 0.6 is 11.3 Å². The van der Waals surface area contributed by atoms with Gasteiger partial charge >= 0.3 is 0 Å². The number of nitrogens with zero attached hydrogens (tertiary/aromatic N) is 4. The van der Waals surface area contributed by atoms with E-state index in [0.29, 0.717) is 35.8 Å². The zero-order chi connectivity index (χ0) is 28.2. The van der Waals surface area contributed by atoms with Crippen molar-refractivity contribution in [2.75, 3.05) is 26.2 Å². The number of thiazole rings is 1. The van der Waals surface area contributed by atoms with E-state index in [1.165, 1.54) is 5.56 Å². The number of amides is 2. The third-order valence-electron chi connectivity index (χ3n) is 8.18. The molecule has 1 N–H and O–H groups in total. The van der Waals surface area contributed by atoms with Crippen molar-refractivity contribution in [3.05, 3.63) is 93.6 Å². The second kappa shape index (κ2) is 12.4. The molecule has 2 fully saturated rings. The quantitative estimate of drug-likeness (QED) is 0.315. The molecule has 2 aliphatic rings. The monoisotopic (exact) mass is 569 g/mol. The van der Waals surface area contributed by atoms with Crippen molar-refractivity contribution in [3.8, 4) is 11.3 Å². The molecule has 0 radical (unpaired) electrons. The number of likely N-dealkylation sites (tertiary alicyclic amines) is 2. The van der Waals surface area contributed by atoms with E-state index in [9.17, 15) is 9.59 Å². The predicted molar refractivity (Wildman–Crippen MR) is 159 cm³/mol. The summed E-state index contributed by atoms with van der Waals surface area (Å²) in [5.41, 5.74) is 3.82. The molecule has 0 atom stereocenters. The zero-order valence-corrected chi connectivity index (χ0v) is 24.1. The van der Waals surface area contributed by atoms with Gasteiger partial charge in [0.25, 0.3) is 11.8 Å². The van der Waals surface area contributed by atoms with Crippen LogP contribution in [0.15, 0.2) is 70.6 Å². The summed E-state index contributed by atoms with van der Waals surface area (Å²) in [6, 6.07) is 20.4. The first-order valence-corrected chi connectivity index (χ1v) is 15.3. The summed E-state index contributed by atoms with van der Waals surface area (Å²) < 4.78 is 5.42. The highest BCUT2D eigenvalue weighted by atomic mass is 32.1. The van der Waals surface area contributed by atoms with Crippen LogP contribution in [-0.2, 0) is 6.54 Å². The predicted octanol–water partition coefficient (Wildman–Crippen LogP) is 5.52. The van der Waals surface area contributed by atoms with Gasteiger partial charge in [-0.05, 0) is 38.2 Å². The molecule has 2 aromatic carbocycles. The van der Waals surface area contributed by atoms with Gasteiger partial charge in [-0.15, -0.1) is 11.3 Å². The number of carbonyl (C=O) groups excluding carboxylic acids is 2. The minimum atomic E-state index is -0.0852. The number of aromatic nitrogens is 2. The highest BCUT2D eigenvalue weighted by Crippen LogP contribution is 2.33. The van der Waals surface area contributed by atoms with Gasteiger partial charge in [-0.1, -0.05) is 65.8 Å². The average Bonchev–Trinajstić information content (AvgIpc) is 3.66. The Labute approximate surface area is 244 Å². The van der Waals surface area contributed by atoms with E-state index >= 15 is 0 Å². The van der Waals surface area contributed by atoms with Crippen molar-refractivity contribution < 1.29 is 14.1 Å². The van der Waals surface area contributed by atoms with Crippen LogP contribution in [0.1, 0.15) is 68.8 Å². The molecule has 4 aromatic rings. The molecule has 6 rings (SSSR count). The maximum Gasteiger partial charge on any atom is 0.270 e. The summed E-state index contributed by atoms with van der Waals surface area (Å²) in [7, 11) is 0. The molecule has 2 aromatic heterocycles. The molecule has 0 saturated carbocycles. The van der Waals surface area contributed by atoms with Gasteiger partial charge in [-0.25, -0.2) is 4.98 Å². The van der Waals surface area contributed by atoms with Crippen molar-refractivity contribution >= 4 is 23.2 Å². The molecular weight excluding hydrogens is 534 g/mol. The minimum Gasteiger partial charge on any atom is -0.360 e. The van der Waals surface area contributed by atoms with Crippen molar-refractivity contribution in [3.63, 3.8) is 0 Å². The fourth-order valence-electron chi connectivity index (χ4n) is 5.82. The standard InChI is InChI=1S/C32H35N5O3S/c1-22-28(29(35-40-22)24-10-6-3-7-11-24)32(39)37-18-12-25(13-19-37)31-34-27(21-41-31)30(38)33-26-14-16-36(17-15-26)20-23-8-4-2-5-9-23/h2-11,21,25-26H,12-20H2,1H3,(H,33,38). The Morgan fingerprint density at radius 1 is 0.951 bits per heavy atom. The highest BCUT2D eigenvalue weighted by Gasteiger charge is 2.31. The molecule has 41 heavy (non-hydrogen) atoms. The normalized spacial score (nSPS) is 17.0. The molecule has 9 heteroatoms. The number of piperidine rings is 2. The largest absolute Gasteiger partial charge is 0.360 e. The molecular formula is C32H35N5O3S. The van der Waals surface area contributed by atoms with E-state index in [2.05, 4.69) is 39.6 Å². The first-order chi connectivity index (χ1) is 20.0. The van der Waals surface area contributed by atoms with Gasteiger partial charge in [0.15, 0.2) is 0 Å². The van der Waals surface area contributed by atoms with E-state index in [-0.39, 0.29) is 23.8 Å². The van der Waals surface area contributed by atoms with Crippen LogP contribution in [-0.4, -0.2) is 64.0 Å². The number of nitrogens with one attached hydrogen (secondary N) is 1. The van der Waals surface area contributed by atoms with E-state index in [1.54, 1.807) is 18.3 Å². The topological polar surface area (TPSA) is 91.6 Å². The van der Waals surface area contributed by atoms with E-state index < -0.39 is 0 Å². The number of carbonyl (C=O) groups is 2. The minimum absolute atomic E-state index is 0.0462. The van der Waals surface area contributed by atoms with Crippen molar-refractivity contribution in [2.24, 2.45) is 0 Å². The Bertz CT molecular complexity index is 1470. The lowest BCUT2D eigenvalue weighted by Crippen LogP contribution is -2.44. The summed E-state index contributed by atoms with van der Waals surface area (Å²) in [4.78, 5) is 35.5. The first-order valence-electron chi connectivity index (χ1n) is 14.4. The molecule has 2 amide bonds. The average molecular weight is 570 g/mol. The van der Waals surface area contributed by atoms with E-state index in [0.717, 1.165) is 55.9 Å². The lowest BCUT2D eigenvalue weighted by atomic mass is 9.96. The van der Waals surface area contributed by atoms with Gasteiger partial charge in [0.05, 0.1) is 5.01 Å². The Morgan fingerprint density at radius 2 is 1.63 bits per heavy atom. The smallest absolute Gasteiger partial charge is 0.270 e.